The van der Waals surface area contributed by atoms with Crippen molar-refractivity contribution < 1.29 is 9.59 Å². The number of rotatable bonds is 4. The molecule has 2 saturated carbocycles. The van der Waals surface area contributed by atoms with Crippen molar-refractivity contribution in [2.45, 2.75) is 51.1 Å². The first kappa shape index (κ1) is 14.7. The van der Waals surface area contributed by atoms with E-state index in [1.807, 2.05) is 29.2 Å². The van der Waals surface area contributed by atoms with Crippen LogP contribution in [0.4, 0.5) is 0 Å². The van der Waals surface area contributed by atoms with Crippen molar-refractivity contribution in [3.63, 3.8) is 0 Å². The Morgan fingerprint density at radius 1 is 1.17 bits per heavy atom. The van der Waals surface area contributed by atoms with Crippen LogP contribution in [0.3, 0.4) is 0 Å². The highest BCUT2D eigenvalue weighted by molar-refractivity contribution is 5.94. The minimum atomic E-state index is 0.0475. The average Bonchev–Trinajstić information content (AvgIpc) is 3.26. The van der Waals surface area contributed by atoms with Gasteiger partial charge < -0.3 is 10.2 Å². The Labute approximate surface area is 137 Å². The molecule has 0 aromatic heterocycles. The summed E-state index contributed by atoms with van der Waals surface area (Å²) >= 11 is 0. The van der Waals surface area contributed by atoms with E-state index >= 15 is 0 Å². The van der Waals surface area contributed by atoms with Gasteiger partial charge in [0.1, 0.15) is 0 Å². The number of likely N-dealkylation sites (tertiary alicyclic amines) is 1. The molecular formula is C19H24N2O2. The number of hydrogen-bond acceptors (Lipinski definition) is 2. The minimum absolute atomic E-state index is 0.0475. The molecule has 1 aliphatic heterocycles. The van der Waals surface area contributed by atoms with Gasteiger partial charge in [-0.05, 0) is 55.2 Å². The van der Waals surface area contributed by atoms with Gasteiger partial charge in [0.15, 0.2) is 0 Å². The van der Waals surface area contributed by atoms with Gasteiger partial charge in [0, 0.05) is 31.1 Å². The third-order valence-corrected chi connectivity index (χ3v) is 5.82. The molecule has 1 aromatic rings. The first-order chi connectivity index (χ1) is 11.2. The van der Waals surface area contributed by atoms with E-state index in [9.17, 15) is 9.59 Å². The summed E-state index contributed by atoms with van der Waals surface area (Å²) in [6.07, 6.45) is 6.71. The van der Waals surface area contributed by atoms with Crippen LogP contribution >= 0.6 is 0 Å². The molecule has 3 atom stereocenters. The number of fused-ring (bicyclic) bond motifs is 2. The van der Waals surface area contributed by atoms with Gasteiger partial charge in [-0.15, -0.1) is 0 Å². The van der Waals surface area contributed by atoms with Gasteiger partial charge in [0.25, 0.3) is 5.91 Å². The van der Waals surface area contributed by atoms with E-state index in [-0.39, 0.29) is 11.8 Å². The summed E-state index contributed by atoms with van der Waals surface area (Å²) in [6, 6.07) is 8.10. The third kappa shape index (κ3) is 2.99. The number of carbonyl (C=O) groups is 2. The predicted octanol–water partition coefficient (Wildman–Crippen LogP) is 2.73. The average molecular weight is 312 g/mol. The molecule has 4 nitrogen and oxygen atoms in total. The topological polar surface area (TPSA) is 49.4 Å². The first-order valence-electron chi connectivity index (χ1n) is 8.86. The lowest BCUT2D eigenvalue weighted by Gasteiger charge is -2.23. The maximum atomic E-state index is 12.4. The van der Waals surface area contributed by atoms with Crippen LogP contribution in [0.25, 0.3) is 0 Å². The molecule has 0 spiro atoms. The highest BCUT2D eigenvalue weighted by Crippen LogP contribution is 2.44. The molecule has 1 saturated heterocycles. The second kappa shape index (κ2) is 5.99. The monoisotopic (exact) mass is 312 g/mol. The molecule has 0 radical (unpaired) electrons. The van der Waals surface area contributed by atoms with Gasteiger partial charge in [-0.3, -0.25) is 9.59 Å². The van der Waals surface area contributed by atoms with Crippen molar-refractivity contribution in [3.8, 4) is 0 Å². The van der Waals surface area contributed by atoms with Crippen LogP contribution in [0.15, 0.2) is 24.3 Å². The van der Waals surface area contributed by atoms with Crippen LogP contribution < -0.4 is 5.32 Å². The quantitative estimate of drug-likeness (QED) is 0.929. The van der Waals surface area contributed by atoms with E-state index in [0.717, 1.165) is 36.4 Å². The number of hydrogen-bond donors (Lipinski definition) is 1. The molecule has 122 valence electrons. The molecular weight excluding hydrogens is 288 g/mol. The van der Waals surface area contributed by atoms with E-state index in [0.29, 0.717) is 24.9 Å². The Hall–Kier alpha value is -1.84. The van der Waals surface area contributed by atoms with Gasteiger partial charge in [-0.25, -0.2) is 0 Å². The van der Waals surface area contributed by atoms with Gasteiger partial charge in [0.2, 0.25) is 5.91 Å². The van der Waals surface area contributed by atoms with Crippen LogP contribution in [0.2, 0.25) is 0 Å². The summed E-state index contributed by atoms with van der Waals surface area (Å²) in [7, 11) is 0. The lowest BCUT2D eigenvalue weighted by atomic mass is 9.95. The summed E-state index contributed by atoms with van der Waals surface area (Å²) in [4.78, 5) is 26.0. The molecule has 2 amide bonds. The molecule has 3 aliphatic rings. The predicted molar refractivity (Wildman–Crippen MR) is 87.8 cm³/mol. The number of amides is 2. The fourth-order valence-corrected chi connectivity index (χ4v) is 4.53. The lowest BCUT2D eigenvalue weighted by molar-refractivity contribution is -0.128. The van der Waals surface area contributed by atoms with E-state index in [2.05, 4.69) is 5.32 Å². The standard InChI is InChI=1S/C19H24N2O2/c22-18-2-1-9-21(18)12-13-3-6-15(7-4-13)19(23)20-17-11-14-5-8-16(17)10-14/h3-4,6-7,14,16-17H,1-2,5,8-12H2,(H,20,23)/t14-,16+,17-/m0/s1. The van der Waals surface area contributed by atoms with Crippen LogP contribution in [0.1, 0.15) is 54.4 Å². The van der Waals surface area contributed by atoms with Gasteiger partial charge in [0.05, 0.1) is 0 Å². The fourth-order valence-electron chi connectivity index (χ4n) is 4.53. The van der Waals surface area contributed by atoms with Crippen LogP contribution in [-0.4, -0.2) is 29.3 Å². The van der Waals surface area contributed by atoms with Crippen molar-refractivity contribution in [3.05, 3.63) is 35.4 Å². The molecule has 0 unspecified atom stereocenters. The molecule has 1 aromatic carbocycles. The third-order valence-electron chi connectivity index (χ3n) is 5.82. The molecule has 4 rings (SSSR count). The zero-order valence-corrected chi connectivity index (χ0v) is 13.5. The largest absolute Gasteiger partial charge is 0.349 e. The Morgan fingerprint density at radius 2 is 2.00 bits per heavy atom. The van der Waals surface area contributed by atoms with Crippen molar-refractivity contribution in [1.82, 2.24) is 10.2 Å². The Balaban J connectivity index is 1.35. The molecule has 3 fully saturated rings. The minimum Gasteiger partial charge on any atom is -0.349 e. The highest BCUT2D eigenvalue weighted by Gasteiger charge is 2.40. The van der Waals surface area contributed by atoms with Crippen molar-refractivity contribution in [2.75, 3.05) is 6.54 Å². The number of benzene rings is 1. The Morgan fingerprint density at radius 3 is 2.61 bits per heavy atom. The van der Waals surface area contributed by atoms with Crippen LogP contribution in [-0.2, 0) is 11.3 Å². The molecule has 4 heteroatoms. The second-order valence-electron chi connectivity index (χ2n) is 7.37. The van der Waals surface area contributed by atoms with Crippen molar-refractivity contribution in [1.29, 1.82) is 0 Å². The Kier molecular flexibility index (Phi) is 3.83. The second-order valence-corrected chi connectivity index (χ2v) is 7.37. The summed E-state index contributed by atoms with van der Waals surface area (Å²) in [5.74, 6) is 1.82. The van der Waals surface area contributed by atoms with E-state index in [1.165, 1.54) is 19.3 Å². The summed E-state index contributed by atoms with van der Waals surface area (Å²) in [6.45, 7) is 1.51. The molecule has 2 aliphatic carbocycles. The number of carbonyl (C=O) groups excluding carboxylic acids is 2. The zero-order chi connectivity index (χ0) is 15.8. The molecule has 23 heavy (non-hydrogen) atoms. The van der Waals surface area contributed by atoms with E-state index in [1.54, 1.807) is 0 Å². The molecule has 1 heterocycles. The maximum absolute atomic E-state index is 12.4. The number of nitrogens with zero attached hydrogens (tertiary/aromatic N) is 1. The normalized spacial score (nSPS) is 29.3. The van der Waals surface area contributed by atoms with Crippen LogP contribution in [0.5, 0.6) is 0 Å². The maximum Gasteiger partial charge on any atom is 0.251 e. The van der Waals surface area contributed by atoms with Crippen molar-refractivity contribution in [2.24, 2.45) is 11.8 Å². The number of nitrogens with one attached hydrogen (secondary N) is 1. The molecule has 2 bridgehead atoms. The van der Waals surface area contributed by atoms with Crippen LogP contribution in [0, 0.1) is 11.8 Å². The first-order valence-corrected chi connectivity index (χ1v) is 8.86. The van der Waals surface area contributed by atoms with Crippen molar-refractivity contribution >= 4 is 11.8 Å². The van der Waals surface area contributed by atoms with Gasteiger partial charge in [-0.1, -0.05) is 18.6 Å². The van der Waals surface area contributed by atoms with Gasteiger partial charge >= 0.3 is 0 Å². The lowest BCUT2D eigenvalue weighted by Crippen LogP contribution is -2.38. The smallest absolute Gasteiger partial charge is 0.251 e. The fraction of sp³-hybridized carbons (Fsp3) is 0.579. The summed E-state index contributed by atoms with van der Waals surface area (Å²) in [5, 5.41) is 3.22. The molecule has 1 N–H and O–H groups in total. The highest BCUT2D eigenvalue weighted by atomic mass is 16.2. The van der Waals surface area contributed by atoms with Gasteiger partial charge in [-0.2, -0.15) is 0 Å². The Bertz CT molecular complexity index is 610. The summed E-state index contributed by atoms with van der Waals surface area (Å²) in [5.41, 5.74) is 1.82. The SMILES string of the molecule is O=C(N[C@H]1C[C@H]2CC[C@@H]1C2)c1ccc(CN2CCCC2=O)cc1. The summed E-state index contributed by atoms with van der Waals surface area (Å²) < 4.78 is 0. The van der Waals surface area contributed by atoms with E-state index in [4.69, 9.17) is 0 Å². The zero-order valence-electron chi connectivity index (χ0n) is 13.5. The van der Waals surface area contributed by atoms with E-state index < -0.39 is 0 Å².